The minimum atomic E-state index is -1.29. The highest BCUT2D eigenvalue weighted by Crippen LogP contribution is 2.13. The molecule has 0 atom stereocenters. The van der Waals surface area contributed by atoms with Crippen LogP contribution in [0.4, 0.5) is 10.1 Å². The average molecular weight is 165 g/mol. The third-order valence-electron chi connectivity index (χ3n) is 1.38. The molecule has 0 fully saturated rings. The van der Waals surface area contributed by atoms with Crippen LogP contribution in [0.25, 0.3) is 0 Å². The molecule has 1 aromatic carbocycles. The summed E-state index contributed by atoms with van der Waals surface area (Å²) in [5, 5.41) is 8.51. The molecular weight excluding hydrogens is 160 g/mol. The van der Waals surface area contributed by atoms with Crippen LogP contribution in [0.1, 0.15) is 10.4 Å². The molecule has 0 unspecified atom stereocenters. The smallest absolute Gasteiger partial charge is 0.337 e. The highest BCUT2D eigenvalue weighted by atomic mass is 19.1. The Morgan fingerprint density at radius 1 is 1.58 bits per heavy atom. The van der Waals surface area contributed by atoms with Gasteiger partial charge in [-0.15, -0.1) is 0 Å². The van der Waals surface area contributed by atoms with Gasteiger partial charge >= 0.3 is 5.97 Å². The molecule has 2 radical (unpaired) electrons. The molecule has 0 saturated carbocycles. The van der Waals surface area contributed by atoms with E-state index in [1.807, 2.05) is 0 Å². The molecule has 1 rings (SSSR count). The Hall–Kier alpha value is -1.52. The number of hydrogen-bond donors (Lipinski definition) is 2. The van der Waals surface area contributed by atoms with Gasteiger partial charge < -0.3 is 10.8 Å². The topological polar surface area (TPSA) is 63.3 Å². The van der Waals surface area contributed by atoms with Crippen molar-refractivity contribution in [3.05, 3.63) is 23.5 Å². The molecule has 0 saturated heterocycles. The van der Waals surface area contributed by atoms with E-state index in [0.717, 1.165) is 12.1 Å². The van der Waals surface area contributed by atoms with Crippen molar-refractivity contribution >= 4 is 25.0 Å². The van der Waals surface area contributed by atoms with Crippen molar-refractivity contribution in [1.82, 2.24) is 0 Å². The van der Waals surface area contributed by atoms with Gasteiger partial charge in [0.2, 0.25) is 0 Å². The lowest BCUT2D eigenvalue weighted by Gasteiger charge is -2.03. The van der Waals surface area contributed by atoms with E-state index in [1.165, 1.54) is 0 Å². The van der Waals surface area contributed by atoms with Gasteiger partial charge in [-0.05, 0) is 6.07 Å². The summed E-state index contributed by atoms with van der Waals surface area (Å²) in [4.78, 5) is 10.4. The van der Waals surface area contributed by atoms with Crippen molar-refractivity contribution in [2.75, 3.05) is 5.73 Å². The van der Waals surface area contributed by atoms with Gasteiger partial charge in [-0.1, -0.05) is 11.5 Å². The summed E-state index contributed by atoms with van der Waals surface area (Å²) in [5.74, 6) is -2.11. The van der Waals surface area contributed by atoms with E-state index in [-0.39, 0.29) is 11.0 Å². The Kier molecular flexibility index (Phi) is 2.04. The molecule has 0 aromatic heterocycles. The number of nitrogen functional groups attached to an aromatic ring is 1. The number of rotatable bonds is 1. The van der Waals surface area contributed by atoms with E-state index in [9.17, 15) is 9.18 Å². The van der Waals surface area contributed by atoms with Gasteiger partial charge in [0.15, 0.2) is 0 Å². The number of nitrogens with two attached hydrogens (primary N) is 1. The summed E-state index contributed by atoms with van der Waals surface area (Å²) in [6, 6.07) is 2.09. The van der Waals surface area contributed by atoms with E-state index in [2.05, 4.69) is 0 Å². The van der Waals surface area contributed by atoms with E-state index >= 15 is 0 Å². The number of anilines is 1. The summed E-state index contributed by atoms with van der Waals surface area (Å²) in [6.07, 6.45) is 0. The van der Waals surface area contributed by atoms with E-state index in [1.54, 1.807) is 0 Å². The Morgan fingerprint density at radius 3 is 2.67 bits per heavy atom. The second-order valence-electron chi connectivity index (χ2n) is 2.27. The number of carbonyl (C=O) groups is 1. The minimum Gasteiger partial charge on any atom is -0.478 e. The van der Waals surface area contributed by atoms with E-state index < -0.39 is 17.5 Å². The van der Waals surface area contributed by atoms with Crippen molar-refractivity contribution in [3.8, 4) is 0 Å². The minimum absolute atomic E-state index is 0.0408. The number of benzene rings is 1. The first-order valence-corrected chi connectivity index (χ1v) is 3.10. The quantitative estimate of drug-likeness (QED) is 0.451. The molecule has 12 heavy (non-hydrogen) atoms. The molecule has 3 N–H and O–H groups in total. The summed E-state index contributed by atoms with van der Waals surface area (Å²) >= 11 is 0. The van der Waals surface area contributed by atoms with Crippen LogP contribution in [0.2, 0.25) is 0 Å². The Morgan fingerprint density at radius 2 is 2.17 bits per heavy atom. The first-order chi connectivity index (χ1) is 5.52. The molecular formula is C7H5BFNO2. The van der Waals surface area contributed by atoms with Crippen molar-refractivity contribution in [1.29, 1.82) is 0 Å². The van der Waals surface area contributed by atoms with Crippen LogP contribution in [0.5, 0.6) is 0 Å². The van der Waals surface area contributed by atoms with Crippen LogP contribution in [-0.2, 0) is 0 Å². The van der Waals surface area contributed by atoms with Crippen LogP contribution >= 0.6 is 0 Å². The lowest BCUT2D eigenvalue weighted by molar-refractivity contribution is 0.0697. The largest absolute Gasteiger partial charge is 0.478 e. The lowest BCUT2D eigenvalue weighted by Crippen LogP contribution is -2.12. The molecule has 0 heterocycles. The highest BCUT2D eigenvalue weighted by molar-refractivity contribution is 6.32. The number of aromatic carboxylic acids is 1. The molecule has 0 aliphatic carbocycles. The standard InChI is InChI=1S/C7H5BFNO2/c8-3-1-4(7(11)12)6(10)5(9)2-3/h1-2H,10H2,(H,11,12). The van der Waals surface area contributed by atoms with Gasteiger partial charge in [-0.2, -0.15) is 0 Å². The molecule has 3 nitrogen and oxygen atoms in total. The number of carboxylic acid groups (broad SMARTS) is 1. The number of carboxylic acids is 1. The average Bonchev–Trinajstić information content (AvgIpc) is 1.96. The van der Waals surface area contributed by atoms with Crippen molar-refractivity contribution in [2.45, 2.75) is 0 Å². The fraction of sp³-hybridized carbons (Fsp3) is 0. The fourth-order valence-corrected chi connectivity index (χ4v) is 0.816. The third kappa shape index (κ3) is 1.39. The van der Waals surface area contributed by atoms with Gasteiger partial charge in [0.05, 0.1) is 11.3 Å². The SMILES string of the molecule is [B]c1cc(F)c(N)c(C(=O)O)c1. The van der Waals surface area contributed by atoms with E-state index in [4.69, 9.17) is 18.7 Å². The molecule has 0 aliphatic heterocycles. The molecule has 0 bridgehead atoms. The molecule has 60 valence electrons. The molecule has 5 heteroatoms. The van der Waals surface area contributed by atoms with E-state index in [0.29, 0.717) is 0 Å². The zero-order valence-electron chi connectivity index (χ0n) is 6.04. The van der Waals surface area contributed by atoms with Gasteiger partial charge in [-0.3, -0.25) is 0 Å². The fourth-order valence-electron chi connectivity index (χ4n) is 0.816. The first-order valence-electron chi connectivity index (χ1n) is 3.10. The van der Waals surface area contributed by atoms with Crippen LogP contribution in [0.15, 0.2) is 12.1 Å². The van der Waals surface area contributed by atoms with Crippen molar-refractivity contribution in [2.24, 2.45) is 0 Å². The molecule has 0 aliphatic rings. The van der Waals surface area contributed by atoms with Crippen LogP contribution in [0, 0.1) is 5.82 Å². The molecule has 1 aromatic rings. The summed E-state index contributed by atoms with van der Waals surface area (Å²) in [5.41, 5.74) is 4.48. The van der Waals surface area contributed by atoms with Gasteiger partial charge in [0.25, 0.3) is 0 Å². The predicted octanol–water partition coefficient (Wildman–Crippen LogP) is -0.100. The summed E-state index contributed by atoms with van der Waals surface area (Å²) < 4.78 is 12.7. The van der Waals surface area contributed by atoms with Crippen LogP contribution in [-0.4, -0.2) is 18.9 Å². The van der Waals surface area contributed by atoms with Gasteiger partial charge in [0, 0.05) is 0 Å². The van der Waals surface area contributed by atoms with Crippen LogP contribution in [0.3, 0.4) is 0 Å². The second kappa shape index (κ2) is 2.85. The Bertz CT molecular complexity index is 340. The van der Waals surface area contributed by atoms with Gasteiger partial charge in [-0.25, -0.2) is 9.18 Å². The summed E-state index contributed by atoms with van der Waals surface area (Å²) in [6.45, 7) is 0. The third-order valence-corrected chi connectivity index (χ3v) is 1.38. The maximum Gasteiger partial charge on any atom is 0.337 e. The highest BCUT2D eigenvalue weighted by Gasteiger charge is 2.11. The first kappa shape index (κ1) is 8.58. The number of hydrogen-bond acceptors (Lipinski definition) is 2. The maximum atomic E-state index is 12.7. The second-order valence-corrected chi connectivity index (χ2v) is 2.27. The van der Waals surface area contributed by atoms with Crippen LogP contribution < -0.4 is 11.2 Å². The Labute approximate surface area is 69.4 Å². The Balaban J connectivity index is 3.37. The predicted molar refractivity (Wildman–Crippen MR) is 43.2 cm³/mol. The van der Waals surface area contributed by atoms with Crippen molar-refractivity contribution in [3.63, 3.8) is 0 Å². The zero-order valence-corrected chi connectivity index (χ0v) is 6.04. The summed E-state index contributed by atoms with van der Waals surface area (Å²) in [7, 11) is 5.21. The van der Waals surface area contributed by atoms with Crippen molar-refractivity contribution < 1.29 is 14.3 Å². The number of halogens is 1. The van der Waals surface area contributed by atoms with Gasteiger partial charge in [0.1, 0.15) is 13.7 Å². The molecule has 0 amide bonds. The normalized spacial score (nSPS) is 9.75. The monoisotopic (exact) mass is 165 g/mol. The molecule has 0 spiro atoms. The lowest BCUT2D eigenvalue weighted by atomic mass is 9.93. The zero-order chi connectivity index (χ0) is 9.30. The maximum absolute atomic E-state index is 12.7.